The summed E-state index contributed by atoms with van der Waals surface area (Å²) in [4.78, 5) is 34.0. The van der Waals surface area contributed by atoms with Crippen molar-refractivity contribution in [3.63, 3.8) is 0 Å². The van der Waals surface area contributed by atoms with Gasteiger partial charge in [-0.2, -0.15) is 9.78 Å². The molecule has 1 aromatic carbocycles. The van der Waals surface area contributed by atoms with Crippen LogP contribution in [0.15, 0.2) is 36.5 Å². The van der Waals surface area contributed by atoms with E-state index in [-0.39, 0.29) is 23.9 Å². The molecule has 150 valence electrons. The molecule has 0 bridgehead atoms. The molecule has 0 saturated heterocycles. The third kappa shape index (κ3) is 4.23. The zero-order valence-corrected chi connectivity index (χ0v) is 16.6. The maximum Gasteiger partial charge on any atom is 0.343 e. The predicted molar refractivity (Wildman–Crippen MR) is 106 cm³/mol. The van der Waals surface area contributed by atoms with E-state index < -0.39 is 11.9 Å². The van der Waals surface area contributed by atoms with Crippen molar-refractivity contribution in [3.8, 4) is 11.7 Å². The van der Waals surface area contributed by atoms with Gasteiger partial charge < -0.3 is 14.8 Å². The number of para-hydroxylation sites is 1. The molecule has 9 nitrogen and oxygen atoms in total. The molecule has 2 aromatic heterocycles. The van der Waals surface area contributed by atoms with E-state index in [1.54, 1.807) is 31.2 Å². The van der Waals surface area contributed by atoms with Crippen molar-refractivity contribution < 1.29 is 19.1 Å². The third-order valence-corrected chi connectivity index (χ3v) is 4.01. The lowest BCUT2D eigenvalue weighted by molar-refractivity contribution is 0.0527. The summed E-state index contributed by atoms with van der Waals surface area (Å²) in [6, 6.07) is 8.57. The normalized spacial score (nSPS) is 10.5. The predicted octanol–water partition coefficient (Wildman–Crippen LogP) is 2.72. The Kier molecular flexibility index (Phi) is 5.87. The summed E-state index contributed by atoms with van der Waals surface area (Å²) in [5.74, 6) is -0.341. The van der Waals surface area contributed by atoms with E-state index in [2.05, 4.69) is 20.4 Å². The zero-order chi connectivity index (χ0) is 21.0. The van der Waals surface area contributed by atoms with Gasteiger partial charge in [-0.05, 0) is 39.0 Å². The SMILES string of the molecule is CCOC(=O)c1cnn(-c2nc(C)cc(C)n2)c1NC(=O)c1ccccc1OC. The monoisotopic (exact) mass is 395 g/mol. The molecule has 0 atom stereocenters. The molecular weight excluding hydrogens is 374 g/mol. The van der Waals surface area contributed by atoms with Crippen LogP contribution in [0.3, 0.4) is 0 Å². The number of aromatic nitrogens is 4. The topological polar surface area (TPSA) is 108 Å². The standard InChI is InChI=1S/C20H21N5O4/c1-5-29-19(27)15-11-21-25(20-22-12(2)10-13(3)23-20)17(15)24-18(26)14-8-6-7-9-16(14)28-4/h6-11H,5H2,1-4H3,(H,24,26). The summed E-state index contributed by atoms with van der Waals surface area (Å²) in [5, 5.41) is 6.93. The molecule has 2 heterocycles. The van der Waals surface area contributed by atoms with Crippen LogP contribution in [-0.2, 0) is 4.74 Å². The Morgan fingerprint density at radius 2 is 1.79 bits per heavy atom. The number of nitrogens with one attached hydrogen (secondary N) is 1. The molecule has 3 aromatic rings. The van der Waals surface area contributed by atoms with Gasteiger partial charge in [-0.25, -0.2) is 14.8 Å². The highest BCUT2D eigenvalue weighted by molar-refractivity contribution is 6.08. The highest BCUT2D eigenvalue weighted by atomic mass is 16.5. The van der Waals surface area contributed by atoms with Crippen molar-refractivity contribution in [2.24, 2.45) is 0 Å². The van der Waals surface area contributed by atoms with Crippen LogP contribution in [0.25, 0.3) is 5.95 Å². The molecule has 0 radical (unpaired) electrons. The first-order valence-corrected chi connectivity index (χ1v) is 8.96. The summed E-state index contributed by atoms with van der Waals surface area (Å²) in [5.41, 5.74) is 1.85. The van der Waals surface area contributed by atoms with Crippen LogP contribution in [0.1, 0.15) is 39.0 Å². The van der Waals surface area contributed by atoms with Gasteiger partial charge in [0.1, 0.15) is 11.3 Å². The Balaban J connectivity index is 2.08. The lowest BCUT2D eigenvalue weighted by atomic mass is 10.2. The third-order valence-electron chi connectivity index (χ3n) is 4.01. The molecule has 0 aliphatic carbocycles. The summed E-state index contributed by atoms with van der Waals surface area (Å²) in [6.07, 6.45) is 1.32. The lowest BCUT2D eigenvalue weighted by Crippen LogP contribution is -2.19. The molecule has 0 unspecified atom stereocenters. The second kappa shape index (κ2) is 8.51. The minimum absolute atomic E-state index is 0.0952. The number of amides is 1. The number of nitrogens with zero attached hydrogens (tertiary/aromatic N) is 4. The number of hydrogen-bond acceptors (Lipinski definition) is 7. The molecule has 3 rings (SSSR count). The van der Waals surface area contributed by atoms with E-state index in [9.17, 15) is 9.59 Å². The summed E-state index contributed by atoms with van der Waals surface area (Å²) >= 11 is 0. The smallest absolute Gasteiger partial charge is 0.343 e. The number of carbonyl (C=O) groups is 2. The van der Waals surface area contributed by atoms with Gasteiger partial charge >= 0.3 is 5.97 Å². The van der Waals surface area contributed by atoms with Crippen LogP contribution in [0, 0.1) is 13.8 Å². The number of benzene rings is 1. The van der Waals surface area contributed by atoms with E-state index in [0.29, 0.717) is 11.3 Å². The van der Waals surface area contributed by atoms with Crippen LogP contribution in [-0.4, -0.2) is 45.3 Å². The van der Waals surface area contributed by atoms with Gasteiger partial charge in [0, 0.05) is 11.4 Å². The molecule has 0 saturated carbocycles. The fourth-order valence-electron chi connectivity index (χ4n) is 2.79. The summed E-state index contributed by atoms with van der Waals surface area (Å²) in [6.45, 7) is 5.52. The van der Waals surface area contributed by atoms with Crippen molar-refractivity contribution >= 4 is 17.7 Å². The van der Waals surface area contributed by atoms with Gasteiger partial charge in [-0.1, -0.05) is 12.1 Å². The Hall–Kier alpha value is -3.75. The molecule has 0 aliphatic heterocycles. The Bertz CT molecular complexity index is 1040. The molecule has 0 spiro atoms. The average Bonchev–Trinajstić information content (AvgIpc) is 3.11. The molecule has 29 heavy (non-hydrogen) atoms. The fourth-order valence-corrected chi connectivity index (χ4v) is 2.79. The second-order valence-electron chi connectivity index (χ2n) is 6.14. The largest absolute Gasteiger partial charge is 0.496 e. The van der Waals surface area contributed by atoms with Gasteiger partial charge in [0.2, 0.25) is 0 Å². The van der Waals surface area contributed by atoms with E-state index >= 15 is 0 Å². The van der Waals surface area contributed by atoms with Crippen LogP contribution in [0.2, 0.25) is 0 Å². The van der Waals surface area contributed by atoms with Gasteiger partial charge in [0.05, 0.1) is 25.5 Å². The number of ether oxygens (including phenoxy) is 2. The number of aryl methyl sites for hydroxylation is 2. The fraction of sp³-hybridized carbons (Fsp3) is 0.250. The quantitative estimate of drug-likeness (QED) is 0.639. The minimum atomic E-state index is -0.613. The number of carbonyl (C=O) groups excluding carboxylic acids is 2. The highest BCUT2D eigenvalue weighted by Crippen LogP contribution is 2.23. The summed E-state index contributed by atoms with van der Waals surface area (Å²) < 4.78 is 11.6. The highest BCUT2D eigenvalue weighted by Gasteiger charge is 2.24. The second-order valence-corrected chi connectivity index (χ2v) is 6.14. The van der Waals surface area contributed by atoms with E-state index in [1.165, 1.54) is 18.0 Å². The average molecular weight is 395 g/mol. The maximum absolute atomic E-state index is 12.9. The number of anilines is 1. The summed E-state index contributed by atoms with van der Waals surface area (Å²) in [7, 11) is 1.48. The van der Waals surface area contributed by atoms with Crippen molar-refractivity contribution in [1.82, 2.24) is 19.7 Å². The first kappa shape index (κ1) is 20.0. The Labute approximate surface area is 167 Å². The number of methoxy groups -OCH3 is 1. The van der Waals surface area contributed by atoms with Crippen molar-refractivity contribution in [3.05, 3.63) is 59.0 Å². The zero-order valence-electron chi connectivity index (χ0n) is 16.6. The lowest BCUT2D eigenvalue weighted by Gasteiger charge is -2.12. The van der Waals surface area contributed by atoms with Crippen LogP contribution in [0.4, 0.5) is 5.82 Å². The van der Waals surface area contributed by atoms with Crippen molar-refractivity contribution in [1.29, 1.82) is 0 Å². The first-order chi connectivity index (χ1) is 13.9. The Morgan fingerprint density at radius 3 is 2.45 bits per heavy atom. The maximum atomic E-state index is 12.9. The van der Waals surface area contributed by atoms with Crippen LogP contribution in [0.5, 0.6) is 5.75 Å². The van der Waals surface area contributed by atoms with E-state index in [0.717, 1.165) is 11.4 Å². The number of hydrogen-bond donors (Lipinski definition) is 1. The Morgan fingerprint density at radius 1 is 1.10 bits per heavy atom. The minimum Gasteiger partial charge on any atom is -0.496 e. The molecule has 9 heteroatoms. The molecule has 0 fully saturated rings. The number of esters is 1. The van der Waals surface area contributed by atoms with Crippen molar-refractivity contribution in [2.75, 3.05) is 19.0 Å². The van der Waals surface area contributed by atoms with Gasteiger partial charge in [0.25, 0.3) is 11.9 Å². The van der Waals surface area contributed by atoms with Gasteiger partial charge in [-0.15, -0.1) is 0 Å². The van der Waals surface area contributed by atoms with Crippen LogP contribution < -0.4 is 10.1 Å². The molecule has 1 N–H and O–H groups in total. The van der Waals surface area contributed by atoms with Crippen LogP contribution >= 0.6 is 0 Å². The molecule has 0 aliphatic rings. The van der Waals surface area contributed by atoms with Gasteiger partial charge in [0.15, 0.2) is 5.82 Å². The first-order valence-electron chi connectivity index (χ1n) is 8.96. The molecular formula is C20H21N5O4. The van der Waals surface area contributed by atoms with E-state index in [1.807, 2.05) is 19.9 Å². The van der Waals surface area contributed by atoms with Crippen molar-refractivity contribution in [2.45, 2.75) is 20.8 Å². The van der Waals surface area contributed by atoms with Gasteiger partial charge in [-0.3, -0.25) is 4.79 Å². The van der Waals surface area contributed by atoms with E-state index in [4.69, 9.17) is 9.47 Å². The number of rotatable bonds is 6. The molecule has 1 amide bonds.